The maximum Gasteiger partial charge on any atom is 0.00710 e. The molecule has 0 radical (unpaired) electrons. The Hall–Kier alpha value is -1.08. The van der Waals surface area contributed by atoms with Gasteiger partial charge in [0.2, 0.25) is 0 Å². The molecule has 1 saturated carbocycles. The molecular weight excluding hydrogens is 296 g/mol. The van der Waals surface area contributed by atoms with Crippen molar-refractivity contribution in [3.05, 3.63) is 60.2 Å². The van der Waals surface area contributed by atoms with Crippen LogP contribution in [0, 0.1) is 11.3 Å². The number of halogens is 1. The summed E-state index contributed by atoms with van der Waals surface area (Å²) in [4.78, 5) is 0. The average molecular weight is 315 g/mol. The van der Waals surface area contributed by atoms with Gasteiger partial charge in [-0.1, -0.05) is 84.4 Å². The highest BCUT2D eigenvalue weighted by Gasteiger charge is 2.57. The minimum atomic E-state index is 0.442. The monoisotopic (exact) mass is 314 g/mol. The minimum Gasteiger partial charge on any atom is -0.0925 e. The minimum absolute atomic E-state index is 0.442. The zero-order chi connectivity index (χ0) is 13.5. The van der Waals surface area contributed by atoms with Gasteiger partial charge in [-0.25, -0.2) is 0 Å². The van der Waals surface area contributed by atoms with Gasteiger partial charge >= 0.3 is 0 Å². The van der Waals surface area contributed by atoms with E-state index in [1.165, 1.54) is 16.7 Å². The van der Waals surface area contributed by atoms with Crippen molar-refractivity contribution in [2.45, 2.75) is 19.8 Å². The molecule has 0 aromatic heterocycles. The number of benzene rings is 2. The lowest BCUT2D eigenvalue weighted by atomic mass is 9.99. The first-order chi connectivity index (χ1) is 9.14. The van der Waals surface area contributed by atoms with E-state index in [9.17, 15) is 0 Å². The molecule has 0 amide bonds. The molecule has 1 fully saturated rings. The normalized spacial score (nSPS) is 24.2. The molecule has 1 aliphatic carbocycles. The van der Waals surface area contributed by atoms with Gasteiger partial charge < -0.3 is 0 Å². The molecule has 0 nitrogen and oxygen atoms in total. The first-order valence-corrected chi connectivity index (χ1v) is 7.98. The highest BCUT2D eigenvalue weighted by Crippen LogP contribution is 2.64. The average Bonchev–Trinajstić information content (AvgIpc) is 3.01. The molecule has 0 heterocycles. The van der Waals surface area contributed by atoms with Gasteiger partial charge in [-0.15, -0.1) is 0 Å². The van der Waals surface area contributed by atoms with E-state index in [-0.39, 0.29) is 0 Å². The van der Waals surface area contributed by atoms with Gasteiger partial charge in [-0.2, -0.15) is 0 Å². The van der Waals surface area contributed by atoms with Gasteiger partial charge in [0.25, 0.3) is 0 Å². The van der Waals surface area contributed by atoms with Crippen LogP contribution in [0.15, 0.2) is 54.6 Å². The van der Waals surface area contributed by atoms with Crippen molar-refractivity contribution in [2.75, 3.05) is 5.33 Å². The standard InChI is InChI=1S/C18H19Br/c1-18(2)16(12-19)17(18)15-10-8-14(9-11-15)13-6-4-3-5-7-13/h3-11,16-17H,12H2,1-2H3. The van der Waals surface area contributed by atoms with Crippen LogP contribution in [-0.4, -0.2) is 5.33 Å². The maximum absolute atomic E-state index is 3.64. The third kappa shape index (κ3) is 2.25. The molecule has 2 aromatic carbocycles. The summed E-state index contributed by atoms with van der Waals surface area (Å²) in [5.41, 5.74) is 4.52. The first-order valence-electron chi connectivity index (χ1n) is 6.86. The van der Waals surface area contributed by atoms with E-state index in [4.69, 9.17) is 0 Å². The van der Waals surface area contributed by atoms with Crippen molar-refractivity contribution < 1.29 is 0 Å². The number of alkyl halides is 1. The Kier molecular flexibility index (Phi) is 3.26. The fourth-order valence-corrected chi connectivity index (χ4v) is 4.42. The van der Waals surface area contributed by atoms with E-state index in [1.54, 1.807) is 0 Å². The van der Waals surface area contributed by atoms with Crippen molar-refractivity contribution in [2.24, 2.45) is 11.3 Å². The second-order valence-electron chi connectivity index (χ2n) is 6.05. The fourth-order valence-electron chi connectivity index (χ4n) is 3.21. The summed E-state index contributed by atoms with van der Waals surface area (Å²) in [5.74, 6) is 1.48. The fraction of sp³-hybridized carbons (Fsp3) is 0.333. The van der Waals surface area contributed by atoms with E-state index >= 15 is 0 Å². The lowest BCUT2D eigenvalue weighted by molar-refractivity contribution is 0.579. The van der Waals surface area contributed by atoms with Crippen molar-refractivity contribution in [3.8, 4) is 11.1 Å². The van der Waals surface area contributed by atoms with Crippen LogP contribution < -0.4 is 0 Å². The highest BCUT2D eigenvalue weighted by atomic mass is 79.9. The SMILES string of the molecule is CC1(C)C(CBr)C1c1ccc(-c2ccccc2)cc1. The second-order valence-corrected chi connectivity index (χ2v) is 6.70. The van der Waals surface area contributed by atoms with Crippen molar-refractivity contribution in [1.29, 1.82) is 0 Å². The van der Waals surface area contributed by atoms with Crippen molar-refractivity contribution in [3.63, 3.8) is 0 Å². The maximum atomic E-state index is 3.64. The molecule has 0 aliphatic heterocycles. The van der Waals surface area contributed by atoms with Crippen LogP contribution in [0.5, 0.6) is 0 Å². The Morgan fingerprint density at radius 3 is 2.00 bits per heavy atom. The smallest absolute Gasteiger partial charge is 0.00710 e. The zero-order valence-corrected chi connectivity index (χ0v) is 13.0. The first kappa shape index (κ1) is 12.9. The second kappa shape index (κ2) is 4.79. The van der Waals surface area contributed by atoms with Gasteiger partial charge in [-0.05, 0) is 33.9 Å². The predicted molar refractivity (Wildman–Crippen MR) is 85.7 cm³/mol. The van der Waals surface area contributed by atoms with Crippen LogP contribution in [0.4, 0.5) is 0 Å². The molecule has 3 rings (SSSR count). The number of rotatable bonds is 3. The van der Waals surface area contributed by atoms with Gasteiger partial charge in [0, 0.05) is 5.33 Å². The topological polar surface area (TPSA) is 0 Å². The van der Waals surface area contributed by atoms with Crippen molar-refractivity contribution in [1.82, 2.24) is 0 Å². The number of hydrogen-bond acceptors (Lipinski definition) is 0. The third-order valence-corrected chi connectivity index (χ3v) is 5.29. The van der Waals surface area contributed by atoms with Gasteiger partial charge in [0.1, 0.15) is 0 Å². The van der Waals surface area contributed by atoms with Crippen LogP contribution in [0.3, 0.4) is 0 Å². The molecular formula is C18H19Br. The van der Waals surface area contributed by atoms with Gasteiger partial charge in [0.15, 0.2) is 0 Å². The quantitative estimate of drug-likeness (QED) is 0.657. The Balaban J connectivity index is 1.85. The van der Waals surface area contributed by atoms with Crippen LogP contribution in [0.1, 0.15) is 25.3 Å². The third-order valence-electron chi connectivity index (χ3n) is 4.59. The van der Waals surface area contributed by atoms with Crippen LogP contribution in [0.2, 0.25) is 0 Å². The molecule has 1 aliphatic rings. The molecule has 0 spiro atoms. The molecule has 2 atom stereocenters. The summed E-state index contributed by atoms with van der Waals surface area (Å²) in [6.07, 6.45) is 0. The number of hydrogen-bond donors (Lipinski definition) is 0. The molecule has 0 bridgehead atoms. The van der Waals surface area contributed by atoms with Gasteiger partial charge in [-0.3, -0.25) is 0 Å². The highest BCUT2D eigenvalue weighted by molar-refractivity contribution is 9.09. The van der Waals surface area contributed by atoms with E-state index < -0.39 is 0 Å². The van der Waals surface area contributed by atoms with E-state index in [1.807, 2.05) is 0 Å². The van der Waals surface area contributed by atoms with E-state index in [0.29, 0.717) is 11.3 Å². The lowest BCUT2D eigenvalue weighted by Crippen LogP contribution is -1.90. The summed E-state index contributed by atoms with van der Waals surface area (Å²) in [5, 5.41) is 1.10. The molecule has 98 valence electrons. The predicted octanol–water partition coefficient (Wildman–Crippen LogP) is 5.49. The van der Waals surface area contributed by atoms with Crippen LogP contribution in [-0.2, 0) is 0 Å². The largest absolute Gasteiger partial charge is 0.0925 e. The summed E-state index contributed by atoms with van der Waals surface area (Å²) in [6.45, 7) is 4.74. The molecule has 2 unspecified atom stereocenters. The Morgan fingerprint density at radius 1 is 0.895 bits per heavy atom. The molecule has 1 heteroatoms. The molecule has 19 heavy (non-hydrogen) atoms. The van der Waals surface area contributed by atoms with E-state index in [2.05, 4.69) is 84.4 Å². The summed E-state index contributed by atoms with van der Waals surface area (Å²) < 4.78 is 0. The lowest BCUT2D eigenvalue weighted by Gasteiger charge is -2.06. The Labute approximate surface area is 124 Å². The Morgan fingerprint density at radius 2 is 1.47 bits per heavy atom. The molecule has 0 saturated heterocycles. The zero-order valence-electron chi connectivity index (χ0n) is 11.4. The summed E-state index contributed by atoms with van der Waals surface area (Å²) >= 11 is 3.64. The van der Waals surface area contributed by atoms with Crippen molar-refractivity contribution >= 4 is 15.9 Å². The summed E-state index contributed by atoms with van der Waals surface area (Å²) in [6, 6.07) is 19.7. The Bertz CT molecular complexity index is 554. The van der Waals surface area contributed by atoms with Crippen LogP contribution >= 0.6 is 15.9 Å². The van der Waals surface area contributed by atoms with E-state index in [0.717, 1.165) is 11.2 Å². The van der Waals surface area contributed by atoms with Crippen LogP contribution in [0.25, 0.3) is 11.1 Å². The molecule has 2 aromatic rings. The summed E-state index contributed by atoms with van der Waals surface area (Å²) in [7, 11) is 0. The molecule has 0 N–H and O–H groups in total. The van der Waals surface area contributed by atoms with Gasteiger partial charge in [0.05, 0.1) is 0 Å².